The van der Waals surface area contributed by atoms with Crippen LogP contribution in [0.15, 0.2) is 11.1 Å². The monoisotopic (exact) mass is 268 g/mol. The summed E-state index contributed by atoms with van der Waals surface area (Å²) in [6.45, 7) is 6.04. The molecule has 0 radical (unpaired) electrons. The van der Waals surface area contributed by atoms with E-state index in [1.54, 1.807) is 0 Å². The van der Waals surface area contributed by atoms with Gasteiger partial charge >= 0.3 is 5.97 Å². The van der Waals surface area contributed by atoms with Gasteiger partial charge in [0.05, 0.1) is 12.7 Å². The lowest BCUT2D eigenvalue weighted by Crippen LogP contribution is -2.30. The Kier molecular flexibility index (Phi) is 4.52. The number of aromatic nitrogens is 2. The number of nitrogen functional groups attached to an aromatic ring is 1. The van der Waals surface area contributed by atoms with Crippen molar-refractivity contribution in [3.8, 4) is 0 Å². The van der Waals surface area contributed by atoms with Crippen molar-refractivity contribution in [3.05, 3.63) is 16.7 Å². The lowest BCUT2D eigenvalue weighted by Gasteiger charge is -2.26. The van der Waals surface area contributed by atoms with Gasteiger partial charge in [-0.15, -0.1) is 0 Å². The number of carbonyl (C=O) groups is 1. The molecule has 7 nitrogen and oxygen atoms in total. The van der Waals surface area contributed by atoms with Crippen LogP contribution in [0.4, 0.5) is 11.5 Å². The van der Waals surface area contributed by atoms with E-state index in [-0.39, 0.29) is 29.4 Å². The van der Waals surface area contributed by atoms with Crippen molar-refractivity contribution in [2.24, 2.45) is 5.41 Å². The van der Waals surface area contributed by atoms with Crippen LogP contribution in [0.5, 0.6) is 0 Å². The van der Waals surface area contributed by atoms with E-state index in [0.29, 0.717) is 6.42 Å². The van der Waals surface area contributed by atoms with Gasteiger partial charge in [-0.3, -0.25) is 9.59 Å². The van der Waals surface area contributed by atoms with Gasteiger partial charge in [0.1, 0.15) is 5.69 Å². The lowest BCUT2D eigenvalue weighted by molar-refractivity contribution is -0.137. The molecule has 0 fully saturated rings. The summed E-state index contributed by atoms with van der Waals surface area (Å²) in [5.41, 5.74) is 5.08. The van der Waals surface area contributed by atoms with Crippen molar-refractivity contribution in [2.75, 3.05) is 11.1 Å². The number of nitrogens with one attached hydrogen (secondary N) is 2. The van der Waals surface area contributed by atoms with Crippen LogP contribution in [0.25, 0.3) is 0 Å². The van der Waals surface area contributed by atoms with Gasteiger partial charge in [0, 0.05) is 6.04 Å². The Morgan fingerprint density at radius 3 is 2.74 bits per heavy atom. The summed E-state index contributed by atoms with van der Waals surface area (Å²) in [5, 5.41) is 11.9. The second-order valence-electron chi connectivity index (χ2n) is 5.70. The van der Waals surface area contributed by atoms with Gasteiger partial charge in [-0.1, -0.05) is 20.8 Å². The van der Waals surface area contributed by atoms with Gasteiger partial charge in [-0.25, -0.2) is 4.98 Å². The van der Waals surface area contributed by atoms with Crippen LogP contribution in [-0.4, -0.2) is 27.1 Å². The number of hydrogen-bond acceptors (Lipinski definition) is 5. The van der Waals surface area contributed by atoms with E-state index in [0.717, 1.165) is 0 Å². The fourth-order valence-electron chi connectivity index (χ4n) is 1.84. The summed E-state index contributed by atoms with van der Waals surface area (Å²) in [7, 11) is 0. The average Bonchev–Trinajstić information content (AvgIpc) is 2.21. The lowest BCUT2D eigenvalue weighted by atomic mass is 9.87. The summed E-state index contributed by atoms with van der Waals surface area (Å²) in [5.74, 6) is -0.690. The number of carboxylic acid groups (broad SMARTS) is 1. The third-order valence-corrected chi connectivity index (χ3v) is 2.51. The van der Waals surface area contributed by atoms with Gasteiger partial charge in [0.2, 0.25) is 0 Å². The molecule has 0 aromatic carbocycles. The summed E-state index contributed by atoms with van der Waals surface area (Å²) in [4.78, 5) is 28.5. The summed E-state index contributed by atoms with van der Waals surface area (Å²) in [6.07, 6.45) is 1.79. The number of rotatable bonds is 5. The Morgan fingerprint density at radius 2 is 2.21 bits per heavy atom. The summed E-state index contributed by atoms with van der Waals surface area (Å²) < 4.78 is 0. The molecule has 0 bridgehead atoms. The highest BCUT2D eigenvalue weighted by atomic mass is 16.4. The minimum atomic E-state index is -0.912. The average molecular weight is 268 g/mol. The first-order valence-electron chi connectivity index (χ1n) is 6.00. The molecular formula is C12H20N4O3. The molecule has 1 heterocycles. The minimum absolute atomic E-state index is 0.0354. The Hall–Kier alpha value is -2.05. The van der Waals surface area contributed by atoms with Gasteiger partial charge in [-0.05, 0) is 11.8 Å². The highest BCUT2D eigenvalue weighted by Crippen LogP contribution is 2.24. The second kappa shape index (κ2) is 5.73. The molecule has 0 aliphatic heterocycles. The van der Waals surface area contributed by atoms with Gasteiger partial charge in [0.15, 0.2) is 5.82 Å². The molecule has 106 valence electrons. The maximum atomic E-state index is 11.4. The molecule has 7 heteroatoms. The highest BCUT2D eigenvalue weighted by Gasteiger charge is 2.22. The molecule has 1 aromatic rings. The molecule has 0 saturated carbocycles. The van der Waals surface area contributed by atoms with Crippen molar-refractivity contribution in [3.63, 3.8) is 0 Å². The van der Waals surface area contributed by atoms with Crippen LogP contribution in [0.2, 0.25) is 0 Å². The molecule has 19 heavy (non-hydrogen) atoms. The normalized spacial score (nSPS) is 13.0. The maximum absolute atomic E-state index is 11.4. The third-order valence-electron chi connectivity index (χ3n) is 2.51. The fourth-order valence-corrected chi connectivity index (χ4v) is 1.84. The highest BCUT2D eigenvalue weighted by molar-refractivity contribution is 5.69. The molecule has 0 amide bonds. The number of nitrogens with zero attached hydrogens (tertiary/aromatic N) is 1. The van der Waals surface area contributed by atoms with Crippen molar-refractivity contribution in [2.45, 2.75) is 39.7 Å². The van der Waals surface area contributed by atoms with Crippen LogP contribution in [0, 0.1) is 5.41 Å². The predicted octanol–water partition coefficient (Wildman–Crippen LogP) is 1.04. The number of nitrogens with two attached hydrogens (primary N) is 1. The fraction of sp³-hybridized carbons (Fsp3) is 0.583. The third kappa shape index (κ3) is 4.99. The van der Waals surface area contributed by atoms with Gasteiger partial charge in [0.25, 0.3) is 5.56 Å². The first kappa shape index (κ1) is 15.0. The Labute approximate surface area is 111 Å². The van der Waals surface area contributed by atoms with Crippen molar-refractivity contribution in [1.29, 1.82) is 0 Å². The zero-order valence-corrected chi connectivity index (χ0v) is 11.4. The molecule has 1 aromatic heterocycles. The quantitative estimate of drug-likeness (QED) is 0.633. The van der Waals surface area contributed by atoms with E-state index in [2.05, 4.69) is 15.3 Å². The number of aliphatic carboxylic acids is 1. The molecule has 0 aliphatic rings. The second-order valence-corrected chi connectivity index (χ2v) is 5.70. The van der Waals surface area contributed by atoms with Crippen molar-refractivity contribution >= 4 is 17.5 Å². The SMILES string of the molecule is CC(C)(C)CC(CC(=O)O)Nc1nc[nH]c(=O)c1N. The van der Waals surface area contributed by atoms with Gasteiger partial charge in [-0.2, -0.15) is 0 Å². The van der Waals surface area contributed by atoms with E-state index >= 15 is 0 Å². The van der Waals surface area contributed by atoms with E-state index in [9.17, 15) is 9.59 Å². The van der Waals surface area contributed by atoms with Crippen molar-refractivity contribution < 1.29 is 9.90 Å². The van der Waals surface area contributed by atoms with Crippen LogP contribution >= 0.6 is 0 Å². The number of carboxylic acids is 1. The Balaban J connectivity index is 2.90. The Morgan fingerprint density at radius 1 is 1.58 bits per heavy atom. The van der Waals surface area contributed by atoms with Crippen LogP contribution in [0.3, 0.4) is 0 Å². The standard InChI is InChI=1S/C12H20N4O3/c1-12(2,3)5-7(4-8(17)18)16-10-9(13)11(19)15-6-14-10/h6-7H,4-5,13H2,1-3H3,(H,17,18)(H2,14,15,16,19). The predicted molar refractivity (Wildman–Crippen MR) is 73.0 cm³/mol. The molecule has 5 N–H and O–H groups in total. The number of aromatic amines is 1. The summed E-state index contributed by atoms with van der Waals surface area (Å²) >= 11 is 0. The maximum Gasteiger partial charge on any atom is 0.305 e. The van der Waals surface area contributed by atoms with Crippen molar-refractivity contribution in [1.82, 2.24) is 9.97 Å². The molecule has 0 aliphatic carbocycles. The van der Waals surface area contributed by atoms with Crippen LogP contribution in [0.1, 0.15) is 33.6 Å². The molecule has 1 atom stereocenters. The summed E-state index contributed by atoms with van der Waals surface area (Å²) in [6, 6.07) is -0.339. The van der Waals surface area contributed by atoms with Crippen LogP contribution < -0.4 is 16.6 Å². The zero-order valence-electron chi connectivity index (χ0n) is 11.4. The van der Waals surface area contributed by atoms with E-state index in [1.165, 1.54) is 6.33 Å². The number of anilines is 2. The van der Waals surface area contributed by atoms with E-state index in [4.69, 9.17) is 10.8 Å². The van der Waals surface area contributed by atoms with Gasteiger partial charge < -0.3 is 21.1 Å². The number of hydrogen-bond donors (Lipinski definition) is 4. The molecule has 1 unspecified atom stereocenters. The Bertz CT molecular complexity index is 504. The largest absolute Gasteiger partial charge is 0.481 e. The topological polar surface area (TPSA) is 121 Å². The zero-order chi connectivity index (χ0) is 14.6. The molecule has 1 rings (SSSR count). The van der Waals surface area contributed by atoms with E-state index in [1.807, 2.05) is 20.8 Å². The number of H-pyrrole nitrogens is 1. The minimum Gasteiger partial charge on any atom is -0.481 e. The first-order chi connectivity index (χ1) is 8.69. The molecular weight excluding hydrogens is 248 g/mol. The smallest absolute Gasteiger partial charge is 0.305 e. The van der Waals surface area contributed by atoms with Crippen LogP contribution in [-0.2, 0) is 4.79 Å². The van der Waals surface area contributed by atoms with E-state index < -0.39 is 11.5 Å². The first-order valence-corrected chi connectivity index (χ1v) is 6.00. The molecule has 0 saturated heterocycles. The molecule has 0 spiro atoms.